The van der Waals surface area contributed by atoms with E-state index in [0.717, 1.165) is 13.0 Å². The van der Waals surface area contributed by atoms with Gasteiger partial charge in [0.1, 0.15) is 18.5 Å². The summed E-state index contributed by atoms with van der Waals surface area (Å²) in [7, 11) is 0. The van der Waals surface area contributed by atoms with Crippen molar-refractivity contribution in [3.63, 3.8) is 0 Å². The van der Waals surface area contributed by atoms with E-state index in [0.29, 0.717) is 22.3 Å². The Morgan fingerprint density at radius 3 is 2.88 bits per heavy atom. The molecule has 96 valence electrons. The molecular weight excluding hydrogens is 261 g/mol. The fourth-order valence-electron chi connectivity index (χ4n) is 1.28. The number of hydrogen-bond donors (Lipinski definition) is 2. The van der Waals surface area contributed by atoms with E-state index >= 15 is 0 Å². The van der Waals surface area contributed by atoms with E-state index in [1.807, 2.05) is 0 Å². The molecule has 3 nitrogen and oxygen atoms in total. The Bertz CT molecular complexity index is 347. The van der Waals surface area contributed by atoms with E-state index in [2.05, 4.69) is 12.2 Å². The van der Waals surface area contributed by atoms with Crippen molar-refractivity contribution in [3.8, 4) is 5.75 Å². The van der Waals surface area contributed by atoms with Crippen molar-refractivity contribution in [1.29, 1.82) is 0 Å². The normalized spacial score (nSPS) is 12.5. The molecule has 1 aromatic carbocycles. The predicted molar refractivity (Wildman–Crippen MR) is 71.1 cm³/mol. The van der Waals surface area contributed by atoms with Gasteiger partial charge in [-0.25, -0.2) is 0 Å². The molecule has 1 rings (SSSR count). The SMILES string of the molecule is CCCNCC(O)COc1cc(Cl)ccc1Cl. The molecule has 0 radical (unpaired) electrons. The second-order valence-corrected chi connectivity index (χ2v) is 4.59. The topological polar surface area (TPSA) is 41.5 Å². The van der Waals surface area contributed by atoms with Gasteiger partial charge in [-0.3, -0.25) is 0 Å². The number of halogens is 2. The Morgan fingerprint density at radius 2 is 2.18 bits per heavy atom. The van der Waals surface area contributed by atoms with Gasteiger partial charge in [0.15, 0.2) is 0 Å². The smallest absolute Gasteiger partial charge is 0.139 e. The first-order chi connectivity index (χ1) is 8.13. The second-order valence-electron chi connectivity index (χ2n) is 3.74. The third-order valence-corrected chi connectivity index (χ3v) is 2.68. The van der Waals surface area contributed by atoms with Crippen LogP contribution >= 0.6 is 23.2 Å². The summed E-state index contributed by atoms with van der Waals surface area (Å²) in [5.74, 6) is 0.494. The fraction of sp³-hybridized carbons (Fsp3) is 0.500. The van der Waals surface area contributed by atoms with E-state index in [9.17, 15) is 5.11 Å². The molecule has 0 aliphatic rings. The average molecular weight is 278 g/mol. The van der Waals surface area contributed by atoms with Crippen LogP contribution in [-0.2, 0) is 0 Å². The van der Waals surface area contributed by atoms with Crippen LogP contribution in [0, 0.1) is 0 Å². The van der Waals surface area contributed by atoms with Gasteiger partial charge in [0.05, 0.1) is 5.02 Å². The van der Waals surface area contributed by atoms with Crippen LogP contribution in [0.25, 0.3) is 0 Å². The van der Waals surface area contributed by atoms with Gasteiger partial charge in [0, 0.05) is 17.6 Å². The lowest BCUT2D eigenvalue weighted by Gasteiger charge is -2.13. The van der Waals surface area contributed by atoms with Crippen molar-refractivity contribution in [2.75, 3.05) is 19.7 Å². The van der Waals surface area contributed by atoms with Crippen LogP contribution in [0.15, 0.2) is 18.2 Å². The molecule has 0 aliphatic heterocycles. The summed E-state index contributed by atoms with van der Waals surface area (Å²) in [4.78, 5) is 0. The minimum absolute atomic E-state index is 0.191. The monoisotopic (exact) mass is 277 g/mol. The molecule has 0 bridgehead atoms. The molecule has 0 saturated heterocycles. The van der Waals surface area contributed by atoms with Crippen LogP contribution in [-0.4, -0.2) is 30.9 Å². The van der Waals surface area contributed by atoms with Crippen LogP contribution in [0.4, 0.5) is 0 Å². The Hall–Kier alpha value is -0.480. The molecule has 0 fully saturated rings. The molecule has 1 aromatic rings. The van der Waals surface area contributed by atoms with Crippen molar-refractivity contribution in [2.24, 2.45) is 0 Å². The average Bonchev–Trinajstić information content (AvgIpc) is 2.31. The standard InChI is InChI=1S/C12H17Cl2NO2/c1-2-5-15-7-10(16)8-17-12-6-9(13)3-4-11(12)14/h3-4,6,10,15-16H,2,5,7-8H2,1H3. The van der Waals surface area contributed by atoms with Crippen molar-refractivity contribution < 1.29 is 9.84 Å². The number of rotatable bonds is 7. The lowest BCUT2D eigenvalue weighted by atomic mass is 10.3. The van der Waals surface area contributed by atoms with Gasteiger partial charge < -0.3 is 15.2 Å². The zero-order valence-electron chi connectivity index (χ0n) is 9.75. The minimum Gasteiger partial charge on any atom is -0.489 e. The van der Waals surface area contributed by atoms with Gasteiger partial charge >= 0.3 is 0 Å². The lowest BCUT2D eigenvalue weighted by molar-refractivity contribution is 0.106. The maximum Gasteiger partial charge on any atom is 0.139 e. The molecule has 0 aromatic heterocycles. The van der Waals surface area contributed by atoms with Crippen molar-refractivity contribution in [2.45, 2.75) is 19.4 Å². The number of nitrogens with one attached hydrogen (secondary N) is 1. The molecule has 0 aliphatic carbocycles. The Labute approximate surface area is 112 Å². The summed E-state index contributed by atoms with van der Waals surface area (Å²) in [6, 6.07) is 4.99. The molecule has 0 saturated carbocycles. The first-order valence-electron chi connectivity index (χ1n) is 5.60. The molecule has 2 N–H and O–H groups in total. The molecule has 0 heterocycles. The second kappa shape index (κ2) is 7.77. The van der Waals surface area contributed by atoms with Crippen molar-refractivity contribution in [3.05, 3.63) is 28.2 Å². The molecule has 17 heavy (non-hydrogen) atoms. The third kappa shape index (κ3) is 5.59. The zero-order chi connectivity index (χ0) is 12.7. The molecule has 1 unspecified atom stereocenters. The maximum atomic E-state index is 9.63. The summed E-state index contributed by atoms with van der Waals surface area (Å²) in [6.45, 7) is 3.65. The fourth-order valence-corrected chi connectivity index (χ4v) is 1.61. The first-order valence-corrected chi connectivity index (χ1v) is 6.35. The van der Waals surface area contributed by atoms with Gasteiger partial charge in [-0.05, 0) is 25.1 Å². The highest BCUT2D eigenvalue weighted by Crippen LogP contribution is 2.27. The summed E-state index contributed by atoms with van der Waals surface area (Å²) in [6.07, 6.45) is 0.477. The molecule has 5 heteroatoms. The minimum atomic E-state index is -0.559. The molecular formula is C12H17Cl2NO2. The summed E-state index contributed by atoms with van der Waals surface area (Å²) < 4.78 is 5.40. The van der Waals surface area contributed by atoms with Crippen molar-refractivity contribution in [1.82, 2.24) is 5.32 Å². The number of aliphatic hydroxyl groups excluding tert-OH is 1. The summed E-state index contributed by atoms with van der Waals surface area (Å²) >= 11 is 11.7. The first kappa shape index (κ1) is 14.6. The number of hydrogen-bond acceptors (Lipinski definition) is 3. The molecule has 1 atom stereocenters. The molecule has 0 spiro atoms. The van der Waals surface area contributed by atoms with E-state index in [1.54, 1.807) is 18.2 Å². The third-order valence-electron chi connectivity index (χ3n) is 2.13. The lowest BCUT2D eigenvalue weighted by Crippen LogP contribution is -2.31. The molecule has 0 amide bonds. The quantitative estimate of drug-likeness (QED) is 0.753. The maximum absolute atomic E-state index is 9.63. The number of ether oxygens (including phenoxy) is 1. The van der Waals surface area contributed by atoms with Gasteiger partial charge in [-0.2, -0.15) is 0 Å². The van der Waals surface area contributed by atoms with Gasteiger partial charge in [0.2, 0.25) is 0 Å². The van der Waals surface area contributed by atoms with Crippen LogP contribution < -0.4 is 10.1 Å². The van der Waals surface area contributed by atoms with E-state index in [1.165, 1.54) is 0 Å². The van der Waals surface area contributed by atoms with E-state index < -0.39 is 6.10 Å². The Morgan fingerprint density at radius 1 is 1.41 bits per heavy atom. The van der Waals surface area contributed by atoms with Crippen LogP contribution in [0.1, 0.15) is 13.3 Å². The van der Waals surface area contributed by atoms with Gasteiger partial charge in [0.25, 0.3) is 0 Å². The van der Waals surface area contributed by atoms with Crippen LogP contribution in [0.2, 0.25) is 10.0 Å². The largest absolute Gasteiger partial charge is 0.489 e. The van der Waals surface area contributed by atoms with E-state index in [4.69, 9.17) is 27.9 Å². The van der Waals surface area contributed by atoms with Crippen molar-refractivity contribution >= 4 is 23.2 Å². The predicted octanol–water partition coefficient (Wildman–Crippen LogP) is 2.73. The highest BCUT2D eigenvalue weighted by Gasteiger charge is 2.07. The highest BCUT2D eigenvalue weighted by atomic mass is 35.5. The summed E-state index contributed by atoms with van der Waals surface area (Å²) in [5, 5.41) is 13.8. The Kier molecular flexibility index (Phi) is 6.66. The zero-order valence-corrected chi connectivity index (χ0v) is 11.3. The number of benzene rings is 1. The van der Waals surface area contributed by atoms with E-state index in [-0.39, 0.29) is 6.61 Å². The summed E-state index contributed by atoms with van der Waals surface area (Å²) in [5.41, 5.74) is 0. The highest BCUT2D eigenvalue weighted by molar-refractivity contribution is 6.34. The van der Waals surface area contributed by atoms with Crippen LogP contribution in [0.3, 0.4) is 0 Å². The Balaban J connectivity index is 2.36. The van der Waals surface area contributed by atoms with Gasteiger partial charge in [-0.1, -0.05) is 30.1 Å². The van der Waals surface area contributed by atoms with Crippen LogP contribution in [0.5, 0.6) is 5.75 Å². The number of aliphatic hydroxyl groups is 1. The van der Waals surface area contributed by atoms with Gasteiger partial charge in [-0.15, -0.1) is 0 Å².